The first-order valence-corrected chi connectivity index (χ1v) is 6.77. The number of nitrogens with zero attached hydrogens (tertiary/aromatic N) is 1. The van der Waals surface area contributed by atoms with Crippen LogP contribution in [0.2, 0.25) is 0 Å². The third-order valence-electron chi connectivity index (χ3n) is 2.98. The number of para-hydroxylation sites is 1. The van der Waals surface area contributed by atoms with Gasteiger partial charge in [0.2, 0.25) is 5.91 Å². The second-order valence-electron chi connectivity index (χ2n) is 4.46. The smallest absolute Gasteiger partial charge is 0.270 e. The molecule has 0 aliphatic rings. The Balaban J connectivity index is 1.89. The van der Waals surface area contributed by atoms with Crippen molar-refractivity contribution in [2.75, 3.05) is 11.9 Å². The Morgan fingerprint density at radius 3 is 2.57 bits per heavy atom. The summed E-state index contributed by atoms with van der Waals surface area (Å²) in [5, 5.41) is 5.34. The van der Waals surface area contributed by atoms with Gasteiger partial charge in [-0.3, -0.25) is 14.6 Å². The molecular formula is C16H17N3O2. The maximum Gasteiger partial charge on any atom is 0.270 e. The normalized spacial score (nSPS) is 9.95. The number of hydrogen-bond donors (Lipinski definition) is 2. The van der Waals surface area contributed by atoms with Gasteiger partial charge in [-0.1, -0.05) is 31.2 Å². The molecule has 21 heavy (non-hydrogen) atoms. The number of hydrogen-bond acceptors (Lipinski definition) is 3. The van der Waals surface area contributed by atoms with Crippen LogP contribution in [0, 0.1) is 0 Å². The maximum absolute atomic E-state index is 11.9. The van der Waals surface area contributed by atoms with E-state index in [9.17, 15) is 9.59 Å². The Kier molecular flexibility index (Phi) is 5.04. The van der Waals surface area contributed by atoms with E-state index in [4.69, 9.17) is 0 Å². The highest BCUT2D eigenvalue weighted by Crippen LogP contribution is 2.14. The number of amides is 2. The molecule has 108 valence electrons. The van der Waals surface area contributed by atoms with E-state index in [2.05, 4.69) is 15.6 Å². The van der Waals surface area contributed by atoms with Crippen molar-refractivity contribution in [3.05, 3.63) is 59.9 Å². The minimum atomic E-state index is -0.366. The van der Waals surface area contributed by atoms with Gasteiger partial charge in [-0.25, -0.2) is 0 Å². The largest absolute Gasteiger partial charge is 0.342 e. The van der Waals surface area contributed by atoms with Crippen molar-refractivity contribution in [3.8, 4) is 0 Å². The van der Waals surface area contributed by atoms with E-state index >= 15 is 0 Å². The third kappa shape index (κ3) is 4.14. The molecule has 1 aromatic heterocycles. The Labute approximate surface area is 123 Å². The van der Waals surface area contributed by atoms with Gasteiger partial charge in [0.1, 0.15) is 5.69 Å². The van der Waals surface area contributed by atoms with Gasteiger partial charge in [-0.2, -0.15) is 0 Å². The van der Waals surface area contributed by atoms with Crippen LogP contribution < -0.4 is 10.6 Å². The molecule has 0 aliphatic carbocycles. The minimum Gasteiger partial charge on any atom is -0.342 e. The van der Waals surface area contributed by atoms with Crippen molar-refractivity contribution in [1.29, 1.82) is 0 Å². The maximum atomic E-state index is 11.9. The SMILES string of the molecule is CCc1ccccc1NC(=O)CNC(=O)c1ccccn1. The summed E-state index contributed by atoms with van der Waals surface area (Å²) in [6, 6.07) is 12.6. The Hall–Kier alpha value is -2.69. The standard InChI is InChI=1S/C16H17N3O2/c1-2-12-7-3-4-8-13(12)19-15(20)11-18-16(21)14-9-5-6-10-17-14/h3-10H,2,11H2,1H3,(H,18,21)(H,19,20). The second-order valence-corrected chi connectivity index (χ2v) is 4.46. The highest BCUT2D eigenvalue weighted by atomic mass is 16.2. The van der Waals surface area contributed by atoms with Crippen LogP contribution in [0.25, 0.3) is 0 Å². The van der Waals surface area contributed by atoms with E-state index in [1.54, 1.807) is 18.2 Å². The lowest BCUT2D eigenvalue weighted by atomic mass is 10.1. The number of nitrogens with one attached hydrogen (secondary N) is 2. The van der Waals surface area contributed by atoms with Crippen LogP contribution in [-0.4, -0.2) is 23.3 Å². The van der Waals surface area contributed by atoms with E-state index in [1.807, 2.05) is 31.2 Å². The van der Waals surface area contributed by atoms with Crippen LogP contribution in [0.1, 0.15) is 23.0 Å². The quantitative estimate of drug-likeness (QED) is 0.881. The lowest BCUT2D eigenvalue weighted by molar-refractivity contribution is -0.115. The molecule has 0 radical (unpaired) electrons. The highest BCUT2D eigenvalue weighted by molar-refractivity contribution is 5.98. The number of aryl methyl sites for hydroxylation is 1. The first-order valence-electron chi connectivity index (χ1n) is 6.77. The van der Waals surface area contributed by atoms with E-state index < -0.39 is 0 Å². The lowest BCUT2D eigenvalue weighted by Gasteiger charge is -2.10. The molecule has 0 bridgehead atoms. The molecule has 0 saturated carbocycles. The number of carbonyl (C=O) groups is 2. The van der Waals surface area contributed by atoms with Crippen molar-refractivity contribution < 1.29 is 9.59 Å². The summed E-state index contributed by atoms with van der Waals surface area (Å²) in [6.07, 6.45) is 2.36. The molecule has 0 fully saturated rings. The molecule has 0 saturated heterocycles. The molecule has 5 nitrogen and oxygen atoms in total. The van der Waals surface area contributed by atoms with Gasteiger partial charge in [-0.15, -0.1) is 0 Å². The highest BCUT2D eigenvalue weighted by Gasteiger charge is 2.09. The Bertz CT molecular complexity index is 626. The van der Waals surface area contributed by atoms with E-state index in [0.29, 0.717) is 5.69 Å². The molecule has 0 aliphatic heterocycles. The molecule has 2 amide bonds. The van der Waals surface area contributed by atoms with Gasteiger partial charge < -0.3 is 10.6 Å². The number of aromatic nitrogens is 1. The molecule has 2 aromatic rings. The average molecular weight is 283 g/mol. The molecule has 2 rings (SSSR count). The summed E-state index contributed by atoms with van der Waals surface area (Å²) in [5.41, 5.74) is 2.12. The second kappa shape index (κ2) is 7.19. The number of anilines is 1. The number of benzene rings is 1. The van der Waals surface area contributed by atoms with Gasteiger partial charge in [0.05, 0.1) is 6.54 Å². The van der Waals surface area contributed by atoms with Gasteiger partial charge in [-0.05, 0) is 30.2 Å². The fourth-order valence-corrected chi connectivity index (χ4v) is 1.89. The predicted octanol–water partition coefficient (Wildman–Crippen LogP) is 2.01. The molecule has 0 unspecified atom stereocenters. The van der Waals surface area contributed by atoms with Gasteiger partial charge in [0.25, 0.3) is 5.91 Å². The van der Waals surface area contributed by atoms with Gasteiger partial charge >= 0.3 is 0 Å². The monoisotopic (exact) mass is 283 g/mol. The molecule has 1 heterocycles. The molecule has 0 atom stereocenters. The summed E-state index contributed by atoms with van der Waals surface area (Å²) in [4.78, 5) is 27.6. The van der Waals surface area contributed by atoms with Crippen molar-refractivity contribution in [2.24, 2.45) is 0 Å². The number of pyridine rings is 1. The summed E-state index contributed by atoms with van der Waals surface area (Å²) < 4.78 is 0. The lowest BCUT2D eigenvalue weighted by Crippen LogP contribution is -2.33. The zero-order valence-corrected chi connectivity index (χ0v) is 11.8. The van der Waals surface area contributed by atoms with Crippen LogP contribution in [0.5, 0.6) is 0 Å². The van der Waals surface area contributed by atoms with Crippen LogP contribution >= 0.6 is 0 Å². The van der Waals surface area contributed by atoms with E-state index in [0.717, 1.165) is 17.7 Å². The molecule has 2 N–H and O–H groups in total. The minimum absolute atomic E-state index is 0.0898. The molecule has 1 aromatic carbocycles. The first kappa shape index (κ1) is 14.7. The Morgan fingerprint density at radius 2 is 1.86 bits per heavy atom. The predicted molar refractivity (Wildman–Crippen MR) is 81.0 cm³/mol. The fraction of sp³-hybridized carbons (Fsp3) is 0.188. The third-order valence-corrected chi connectivity index (χ3v) is 2.98. The van der Waals surface area contributed by atoms with Gasteiger partial charge in [0, 0.05) is 11.9 Å². The van der Waals surface area contributed by atoms with Crippen LogP contribution in [0.15, 0.2) is 48.7 Å². The van der Waals surface area contributed by atoms with Crippen LogP contribution in [0.3, 0.4) is 0 Å². The summed E-state index contributed by atoms with van der Waals surface area (Å²) in [6.45, 7) is 1.93. The van der Waals surface area contributed by atoms with Crippen LogP contribution in [-0.2, 0) is 11.2 Å². The topological polar surface area (TPSA) is 71.1 Å². The van der Waals surface area contributed by atoms with Gasteiger partial charge in [0.15, 0.2) is 0 Å². The average Bonchev–Trinajstić information content (AvgIpc) is 2.54. The molecule has 0 spiro atoms. The molecular weight excluding hydrogens is 266 g/mol. The zero-order valence-electron chi connectivity index (χ0n) is 11.8. The summed E-state index contributed by atoms with van der Waals surface area (Å²) in [5.74, 6) is -0.630. The van der Waals surface area contributed by atoms with E-state index in [1.165, 1.54) is 6.20 Å². The summed E-state index contributed by atoms with van der Waals surface area (Å²) in [7, 11) is 0. The van der Waals surface area contributed by atoms with Crippen molar-refractivity contribution in [3.63, 3.8) is 0 Å². The number of rotatable bonds is 5. The van der Waals surface area contributed by atoms with Crippen LogP contribution in [0.4, 0.5) is 5.69 Å². The zero-order chi connectivity index (χ0) is 15.1. The van der Waals surface area contributed by atoms with Crippen molar-refractivity contribution in [2.45, 2.75) is 13.3 Å². The number of carbonyl (C=O) groups excluding carboxylic acids is 2. The van der Waals surface area contributed by atoms with Crippen molar-refractivity contribution in [1.82, 2.24) is 10.3 Å². The fourth-order valence-electron chi connectivity index (χ4n) is 1.89. The first-order chi connectivity index (χ1) is 10.2. The Morgan fingerprint density at radius 1 is 1.10 bits per heavy atom. The molecule has 5 heteroatoms. The van der Waals surface area contributed by atoms with E-state index in [-0.39, 0.29) is 18.4 Å². The van der Waals surface area contributed by atoms with Crippen molar-refractivity contribution >= 4 is 17.5 Å². The summed E-state index contributed by atoms with van der Waals surface area (Å²) >= 11 is 0.